The fraction of sp³-hybridized carbons (Fsp3) is 0.348. The summed E-state index contributed by atoms with van der Waals surface area (Å²) in [5.74, 6) is 0.105. The van der Waals surface area contributed by atoms with Crippen molar-refractivity contribution < 1.29 is 4.79 Å². The van der Waals surface area contributed by atoms with Crippen LogP contribution >= 0.6 is 23.2 Å². The maximum absolute atomic E-state index is 12.1. The zero-order valence-electron chi connectivity index (χ0n) is 16.0. The molecule has 0 saturated carbocycles. The second-order valence-electron chi connectivity index (χ2n) is 7.80. The van der Waals surface area contributed by atoms with Gasteiger partial charge in [0, 0.05) is 41.2 Å². The number of rotatable bonds is 3. The Kier molecular flexibility index (Phi) is 5.50. The average Bonchev–Trinajstić information content (AvgIpc) is 2.99. The Morgan fingerprint density at radius 1 is 1.07 bits per heavy atom. The van der Waals surface area contributed by atoms with E-state index >= 15 is 0 Å². The van der Waals surface area contributed by atoms with Crippen LogP contribution in [0.15, 0.2) is 48.5 Å². The molecule has 1 amide bonds. The molecule has 1 saturated heterocycles. The van der Waals surface area contributed by atoms with Crippen LogP contribution in [0.1, 0.15) is 30.9 Å². The number of hydrogen-bond acceptors (Lipinski definition) is 2. The van der Waals surface area contributed by atoms with E-state index < -0.39 is 0 Å². The lowest BCUT2D eigenvalue weighted by Gasteiger charge is -2.39. The van der Waals surface area contributed by atoms with Crippen LogP contribution in [0, 0.1) is 0 Å². The lowest BCUT2D eigenvalue weighted by molar-refractivity contribution is -0.116. The van der Waals surface area contributed by atoms with E-state index in [0.717, 1.165) is 60.3 Å². The Balaban J connectivity index is 1.43. The third kappa shape index (κ3) is 3.84. The molecule has 5 heteroatoms. The molecule has 2 aromatic rings. The van der Waals surface area contributed by atoms with Gasteiger partial charge in [-0.2, -0.15) is 0 Å². The molecule has 4 rings (SSSR count). The summed E-state index contributed by atoms with van der Waals surface area (Å²) in [5, 5.41) is 1.51. The second kappa shape index (κ2) is 7.90. The number of nitrogens with zero attached hydrogens (tertiary/aromatic N) is 2. The standard InChI is InChI=1S/C23H24Cl2N2O/c1-17(28)27-16-23(21-15-20(25)8-9-22(21)27)10-13-26(14-11-23)12-2-3-18-4-6-19(24)7-5-18/h2-9,15H,10-14,16H2,1H3. The minimum absolute atomic E-state index is 0.0301. The maximum Gasteiger partial charge on any atom is 0.223 e. The summed E-state index contributed by atoms with van der Waals surface area (Å²) in [4.78, 5) is 16.5. The van der Waals surface area contributed by atoms with Crippen molar-refractivity contribution in [1.82, 2.24) is 4.90 Å². The lowest BCUT2D eigenvalue weighted by atomic mass is 9.74. The fourth-order valence-electron chi connectivity index (χ4n) is 4.43. The first kappa shape index (κ1) is 19.5. The predicted octanol–water partition coefficient (Wildman–Crippen LogP) is 5.41. The summed E-state index contributed by atoms with van der Waals surface area (Å²) in [7, 11) is 0. The highest BCUT2D eigenvalue weighted by Crippen LogP contribution is 2.47. The molecule has 0 atom stereocenters. The average molecular weight is 415 g/mol. The monoisotopic (exact) mass is 414 g/mol. The van der Waals surface area contributed by atoms with Crippen LogP contribution in [0.3, 0.4) is 0 Å². The fourth-order valence-corrected chi connectivity index (χ4v) is 4.72. The molecule has 0 aromatic heterocycles. The number of amides is 1. The van der Waals surface area contributed by atoms with E-state index in [0.29, 0.717) is 0 Å². The highest BCUT2D eigenvalue weighted by molar-refractivity contribution is 6.31. The minimum Gasteiger partial charge on any atom is -0.311 e. The number of benzene rings is 2. The summed E-state index contributed by atoms with van der Waals surface area (Å²) in [6, 6.07) is 13.8. The van der Waals surface area contributed by atoms with Crippen LogP contribution in [-0.4, -0.2) is 37.0 Å². The van der Waals surface area contributed by atoms with Crippen molar-refractivity contribution in [3.63, 3.8) is 0 Å². The molecule has 28 heavy (non-hydrogen) atoms. The number of likely N-dealkylation sites (tertiary alicyclic amines) is 1. The smallest absolute Gasteiger partial charge is 0.223 e. The summed E-state index contributed by atoms with van der Waals surface area (Å²) >= 11 is 12.2. The highest BCUT2D eigenvalue weighted by Gasteiger charge is 2.45. The Morgan fingerprint density at radius 2 is 1.75 bits per heavy atom. The normalized spacial score (nSPS) is 18.8. The topological polar surface area (TPSA) is 23.6 Å². The van der Waals surface area contributed by atoms with Crippen LogP contribution in [0.25, 0.3) is 6.08 Å². The van der Waals surface area contributed by atoms with Gasteiger partial charge in [-0.1, -0.05) is 47.5 Å². The lowest BCUT2D eigenvalue weighted by Crippen LogP contribution is -2.45. The van der Waals surface area contributed by atoms with E-state index in [1.165, 1.54) is 5.56 Å². The molecule has 2 aliphatic heterocycles. The molecule has 0 radical (unpaired) electrons. The van der Waals surface area contributed by atoms with Gasteiger partial charge in [0.15, 0.2) is 0 Å². The summed E-state index contributed by atoms with van der Waals surface area (Å²) < 4.78 is 0. The molecule has 2 heterocycles. The first-order valence-electron chi connectivity index (χ1n) is 9.69. The molecule has 2 aliphatic rings. The highest BCUT2D eigenvalue weighted by atomic mass is 35.5. The molecular formula is C23H24Cl2N2O. The summed E-state index contributed by atoms with van der Waals surface area (Å²) in [5.41, 5.74) is 3.47. The van der Waals surface area contributed by atoms with Crippen LogP contribution < -0.4 is 4.90 Å². The molecule has 146 valence electrons. The molecule has 1 fully saturated rings. The van der Waals surface area contributed by atoms with Crippen molar-refractivity contribution in [3.05, 3.63) is 69.7 Å². The van der Waals surface area contributed by atoms with Gasteiger partial charge in [0.1, 0.15) is 0 Å². The Bertz CT molecular complexity index is 899. The number of anilines is 1. The zero-order valence-corrected chi connectivity index (χ0v) is 17.5. The third-order valence-electron chi connectivity index (χ3n) is 6.02. The summed E-state index contributed by atoms with van der Waals surface area (Å²) in [6.07, 6.45) is 6.43. The molecular weight excluding hydrogens is 391 g/mol. The van der Waals surface area contributed by atoms with Gasteiger partial charge in [-0.05, 0) is 67.4 Å². The quantitative estimate of drug-likeness (QED) is 0.670. The Morgan fingerprint density at radius 3 is 2.43 bits per heavy atom. The van der Waals surface area contributed by atoms with Crippen LogP contribution in [0.5, 0.6) is 0 Å². The maximum atomic E-state index is 12.1. The number of carbonyl (C=O) groups is 1. The second-order valence-corrected chi connectivity index (χ2v) is 8.67. The zero-order chi connectivity index (χ0) is 19.7. The molecule has 0 bridgehead atoms. The van der Waals surface area contributed by atoms with Gasteiger partial charge in [-0.15, -0.1) is 0 Å². The van der Waals surface area contributed by atoms with Crippen LogP contribution in [0.4, 0.5) is 5.69 Å². The molecule has 0 N–H and O–H groups in total. The SMILES string of the molecule is CC(=O)N1CC2(CCN(CC=Cc3ccc(Cl)cc3)CC2)c2cc(Cl)ccc21. The van der Waals surface area contributed by atoms with E-state index in [9.17, 15) is 4.79 Å². The van der Waals surface area contributed by atoms with Gasteiger partial charge in [0.25, 0.3) is 0 Å². The van der Waals surface area contributed by atoms with Crippen molar-refractivity contribution in [2.45, 2.75) is 25.2 Å². The predicted molar refractivity (Wildman–Crippen MR) is 117 cm³/mol. The van der Waals surface area contributed by atoms with Crippen molar-refractivity contribution in [2.24, 2.45) is 0 Å². The van der Waals surface area contributed by atoms with Crippen molar-refractivity contribution >= 4 is 40.9 Å². The van der Waals surface area contributed by atoms with E-state index in [1.807, 2.05) is 41.3 Å². The molecule has 3 nitrogen and oxygen atoms in total. The van der Waals surface area contributed by atoms with Crippen LogP contribution in [0.2, 0.25) is 10.0 Å². The molecule has 0 aliphatic carbocycles. The van der Waals surface area contributed by atoms with Crippen molar-refractivity contribution in [3.8, 4) is 0 Å². The van der Waals surface area contributed by atoms with Gasteiger partial charge < -0.3 is 4.90 Å². The number of piperidine rings is 1. The molecule has 1 spiro atoms. The van der Waals surface area contributed by atoms with E-state index in [4.69, 9.17) is 23.2 Å². The van der Waals surface area contributed by atoms with Crippen molar-refractivity contribution in [2.75, 3.05) is 31.1 Å². The van der Waals surface area contributed by atoms with E-state index in [-0.39, 0.29) is 11.3 Å². The van der Waals surface area contributed by atoms with Gasteiger partial charge in [0.2, 0.25) is 5.91 Å². The van der Waals surface area contributed by atoms with Crippen LogP contribution in [-0.2, 0) is 10.2 Å². The number of hydrogen-bond donors (Lipinski definition) is 0. The molecule has 0 unspecified atom stereocenters. The molecule has 2 aromatic carbocycles. The van der Waals surface area contributed by atoms with Gasteiger partial charge in [-0.25, -0.2) is 0 Å². The Hall–Kier alpha value is -1.81. The van der Waals surface area contributed by atoms with Gasteiger partial charge >= 0.3 is 0 Å². The van der Waals surface area contributed by atoms with Crippen molar-refractivity contribution in [1.29, 1.82) is 0 Å². The first-order valence-corrected chi connectivity index (χ1v) is 10.5. The van der Waals surface area contributed by atoms with E-state index in [2.05, 4.69) is 23.1 Å². The Labute approximate surface area is 176 Å². The van der Waals surface area contributed by atoms with E-state index in [1.54, 1.807) is 6.92 Å². The van der Waals surface area contributed by atoms with Gasteiger partial charge in [0.05, 0.1) is 0 Å². The number of fused-ring (bicyclic) bond motifs is 2. The first-order chi connectivity index (χ1) is 13.5. The number of carbonyl (C=O) groups excluding carboxylic acids is 1. The number of halogens is 2. The third-order valence-corrected chi connectivity index (χ3v) is 6.51. The minimum atomic E-state index is 0.0301. The van der Waals surface area contributed by atoms with Gasteiger partial charge in [-0.3, -0.25) is 9.69 Å². The summed E-state index contributed by atoms with van der Waals surface area (Å²) in [6.45, 7) is 5.38. The largest absolute Gasteiger partial charge is 0.311 e.